The molecule has 0 spiro atoms. The third kappa shape index (κ3) is 4.33. The molecular weight excluding hydrogens is 290 g/mol. The van der Waals surface area contributed by atoms with Crippen LogP contribution in [0.4, 0.5) is 0 Å². The van der Waals surface area contributed by atoms with Crippen LogP contribution in [0.25, 0.3) is 6.08 Å². The van der Waals surface area contributed by atoms with Gasteiger partial charge >= 0.3 is 0 Å². The molecule has 0 amide bonds. The summed E-state index contributed by atoms with van der Waals surface area (Å²) >= 11 is 6.13. The predicted octanol–water partition coefficient (Wildman–Crippen LogP) is 4.56. The van der Waals surface area contributed by atoms with Gasteiger partial charge < -0.3 is 4.74 Å². The minimum atomic E-state index is -0.437. The maximum absolute atomic E-state index is 10.6. The van der Waals surface area contributed by atoms with Crippen LogP contribution in [0.1, 0.15) is 18.1 Å². The van der Waals surface area contributed by atoms with Gasteiger partial charge in [0.25, 0.3) is 0 Å². The van der Waals surface area contributed by atoms with Crippen LogP contribution >= 0.6 is 11.6 Å². The van der Waals surface area contributed by atoms with Crippen LogP contribution in [-0.4, -0.2) is 4.92 Å². The van der Waals surface area contributed by atoms with Crippen molar-refractivity contribution in [3.05, 3.63) is 80.5 Å². The lowest BCUT2D eigenvalue weighted by Crippen LogP contribution is -1.96. The van der Waals surface area contributed by atoms with E-state index in [0.717, 1.165) is 5.56 Å². The second-order valence-electron chi connectivity index (χ2n) is 4.51. The highest BCUT2D eigenvalue weighted by Crippen LogP contribution is 2.27. The number of nitro groups is 1. The molecule has 2 aromatic rings. The van der Waals surface area contributed by atoms with Crippen molar-refractivity contribution in [2.24, 2.45) is 0 Å². The van der Waals surface area contributed by atoms with Crippen molar-refractivity contribution in [3.8, 4) is 5.75 Å². The first-order chi connectivity index (χ1) is 10.1. The summed E-state index contributed by atoms with van der Waals surface area (Å²) < 4.78 is 5.64. The molecule has 0 radical (unpaired) electrons. The predicted molar refractivity (Wildman–Crippen MR) is 82.9 cm³/mol. The molecule has 5 heteroatoms. The van der Waals surface area contributed by atoms with E-state index in [-0.39, 0.29) is 5.70 Å². The molecule has 0 saturated carbocycles. The quantitative estimate of drug-likeness (QED) is 0.601. The fourth-order valence-corrected chi connectivity index (χ4v) is 2.00. The average Bonchev–Trinajstić information content (AvgIpc) is 2.47. The van der Waals surface area contributed by atoms with E-state index in [1.54, 1.807) is 18.2 Å². The Morgan fingerprint density at radius 2 is 2.00 bits per heavy atom. The summed E-state index contributed by atoms with van der Waals surface area (Å²) in [6.45, 7) is 1.86. The Morgan fingerprint density at radius 3 is 2.62 bits per heavy atom. The van der Waals surface area contributed by atoms with Crippen molar-refractivity contribution in [1.82, 2.24) is 0 Å². The number of nitrogens with zero attached hydrogens (tertiary/aromatic N) is 1. The third-order valence-corrected chi connectivity index (χ3v) is 3.15. The minimum Gasteiger partial charge on any atom is -0.487 e. The third-order valence-electron chi connectivity index (χ3n) is 2.86. The van der Waals surface area contributed by atoms with Gasteiger partial charge in [0.05, 0.1) is 9.95 Å². The SMILES string of the molecule is C/C(=C\c1ccc(OCc2ccccc2)c(Cl)c1)[N+](=O)[O-]. The van der Waals surface area contributed by atoms with Crippen molar-refractivity contribution in [1.29, 1.82) is 0 Å². The standard InChI is InChI=1S/C16H14ClNO3/c1-12(18(19)20)9-14-7-8-16(15(17)10-14)21-11-13-5-3-2-4-6-13/h2-10H,11H2,1H3/b12-9+. The Hall–Kier alpha value is -2.33. The van der Waals surface area contributed by atoms with Crippen molar-refractivity contribution in [3.63, 3.8) is 0 Å². The Balaban J connectivity index is 2.09. The molecular formula is C16H14ClNO3. The monoisotopic (exact) mass is 303 g/mol. The summed E-state index contributed by atoms with van der Waals surface area (Å²) in [5.74, 6) is 0.552. The summed E-state index contributed by atoms with van der Waals surface area (Å²) in [5.41, 5.74) is 1.77. The molecule has 0 heterocycles. The highest BCUT2D eigenvalue weighted by atomic mass is 35.5. The zero-order valence-corrected chi connectivity index (χ0v) is 12.2. The van der Waals surface area contributed by atoms with Crippen LogP contribution in [0.2, 0.25) is 5.02 Å². The van der Waals surface area contributed by atoms with Crippen LogP contribution in [0.15, 0.2) is 54.2 Å². The van der Waals surface area contributed by atoms with E-state index in [0.29, 0.717) is 22.9 Å². The maximum Gasteiger partial charge on any atom is 0.243 e. The number of hydrogen-bond donors (Lipinski definition) is 0. The molecule has 0 fully saturated rings. The van der Waals surface area contributed by atoms with Gasteiger partial charge in [0, 0.05) is 13.0 Å². The lowest BCUT2D eigenvalue weighted by Gasteiger charge is -2.08. The van der Waals surface area contributed by atoms with Gasteiger partial charge in [-0.25, -0.2) is 0 Å². The van der Waals surface area contributed by atoms with E-state index in [4.69, 9.17) is 16.3 Å². The Labute approximate surface area is 127 Å². The summed E-state index contributed by atoms with van der Waals surface area (Å²) in [6.07, 6.45) is 1.47. The molecule has 0 aliphatic rings. The Bertz CT molecular complexity index is 668. The molecule has 0 atom stereocenters. The van der Waals surface area contributed by atoms with Crippen molar-refractivity contribution in [2.75, 3.05) is 0 Å². The first-order valence-corrected chi connectivity index (χ1v) is 6.73. The van der Waals surface area contributed by atoms with Crippen LogP contribution < -0.4 is 4.74 Å². The van der Waals surface area contributed by atoms with Gasteiger partial charge in [0.1, 0.15) is 12.4 Å². The molecule has 0 N–H and O–H groups in total. The van der Waals surface area contributed by atoms with Gasteiger partial charge in [0.15, 0.2) is 0 Å². The number of allylic oxidation sites excluding steroid dienone is 1. The minimum absolute atomic E-state index is 0.0593. The number of halogens is 1. The van der Waals surface area contributed by atoms with E-state index in [1.807, 2.05) is 30.3 Å². The van der Waals surface area contributed by atoms with Gasteiger partial charge in [-0.15, -0.1) is 0 Å². The Morgan fingerprint density at radius 1 is 1.29 bits per heavy atom. The van der Waals surface area contributed by atoms with Gasteiger partial charge in [-0.05, 0) is 23.3 Å². The van der Waals surface area contributed by atoms with E-state index >= 15 is 0 Å². The van der Waals surface area contributed by atoms with Crippen LogP contribution in [-0.2, 0) is 6.61 Å². The highest BCUT2D eigenvalue weighted by molar-refractivity contribution is 6.32. The summed E-state index contributed by atoms with van der Waals surface area (Å²) in [4.78, 5) is 10.2. The zero-order chi connectivity index (χ0) is 15.2. The number of hydrogen-bond acceptors (Lipinski definition) is 3. The van der Waals surface area contributed by atoms with Gasteiger partial charge in [-0.3, -0.25) is 10.1 Å². The lowest BCUT2D eigenvalue weighted by atomic mass is 10.2. The smallest absolute Gasteiger partial charge is 0.243 e. The van der Waals surface area contributed by atoms with E-state index in [2.05, 4.69) is 0 Å². The number of rotatable bonds is 5. The fraction of sp³-hybridized carbons (Fsp3) is 0.125. The van der Waals surface area contributed by atoms with Gasteiger partial charge in [-0.2, -0.15) is 0 Å². The van der Waals surface area contributed by atoms with E-state index in [1.165, 1.54) is 13.0 Å². The molecule has 0 saturated heterocycles. The summed E-state index contributed by atoms with van der Waals surface area (Å²) in [7, 11) is 0. The molecule has 4 nitrogen and oxygen atoms in total. The number of benzene rings is 2. The lowest BCUT2D eigenvalue weighted by molar-refractivity contribution is -0.422. The molecule has 2 rings (SSSR count). The van der Waals surface area contributed by atoms with E-state index < -0.39 is 4.92 Å². The zero-order valence-electron chi connectivity index (χ0n) is 11.5. The number of ether oxygens (including phenoxy) is 1. The molecule has 108 valence electrons. The van der Waals surface area contributed by atoms with Crippen molar-refractivity contribution in [2.45, 2.75) is 13.5 Å². The molecule has 0 aliphatic carbocycles. The van der Waals surface area contributed by atoms with Crippen LogP contribution in [0.3, 0.4) is 0 Å². The van der Waals surface area contributed by atoms with Gasteiger partial charge in [0.2, 0.25) is 5.70 Å². The first-order valence-electron chi connectivity index (χ1n) is 6.35. The molecule has 0 aliphatic heterocycles. The largest absolute Gasteiger partial charge is 0.487 e. The maximum atomic E-state index is 10.6. The first kappa shape index (κ1) is 15.1. The molecule has 0 bridgehead atoms. The molecule has 21 heavy (non-hydrogen) atoms. The Kier molecular flexibility index (Phi) is 4.95. The van der Waals surface area contributed by atoms with Crippen LogP contribution in [0, 0.1) is 10.1 Å². The topological polar surface area (TPSA) is 52.4 Å². The average molecular weight is 304 g/mol. The van der Waals surface area contributed by atoms with Crippen LogP contribution in [0.5, 0.6) is 5.75 Å². The van der Waals surface area contributed by atoms with Gasteiger partial charge in [-0.1, -0.05) is 48.0 Å². The summed E-state index contributed by atoms with van der Waals surface area (Å²) in [5, 5.41) is 11.0. The fourth-order valence-electron chi connectivity index (χ4n) is 1.75. The second kappa shape index (κ2) is 6.90. The van der Waals surface area contributed by atoms with Crippen molar-refractivity contribution < 1.29 is 9.66 Å². The van der Waals surface area contributed by atoms with Crippen molar-refractivity contribution >= 4 is 17.7 Å². The summed E-state index contributed by atoms with van der Waals surface area (Å²) in [6, 6.07) is 14.8. The normalized spacial score (nSPS) is 11.2. The molecule has 0 aromatic heterocycles. The van der Waals surface area contributed by atoms with E-state index in [9.17, 15) is 10.1 Å². The molecule has 0 unspecified atom stereocenters. The second-order valence-corrected chi connectivity index (χ2v) is 4.91. The highest BCUT2D eigenvalue weighted by Gasteiger charge is 2.06. The molecule has 2 aromatic carbocycles.